The van der Waals surface area contributed by atoms with Crippen LogP contribution < -0.4 is 9.64 Å². The molecule has 0 bridgehead atoms. The molecule has 2 saturated carbocycles. The summed E-state index contributed by atoms with van der Waals surface area (Å²) in [6, 6.07) is 14.1. The lowest BCUT2D eigenvalue weighted by Gasteiger charge is -2.48. The summed E-state index contributed by atoms with van der Waals surface area (Å²) in [5.41, 5.74) is 4.57. The number of hydrogen-bond donors (Lipinski definition) is 0. The molecule has 2 aromatic rings. The molecule has 2 aromatic carbocycles. The molecule has 6 heteroatoms. The largest absolute Gasteiger partial charge is 0.426 e. The van der Waals surface area contributed by atoms with Crippen molar-refractivity contribution in [3.63, 3.8) is 0 Å². The summed E-state index contributed by atoms with van der Waals surface area (Å²) in [6.45, 7) is 3.67. The molecule has 5 rings (SSSR count). The Hall–Kier alpha value is -2.04. The summed E-state index contributed by atoms with van der Waals surface area (Å²) in [4.78, 5) is 27.4. The maximum Gasteiger partial charge on any atom is 0.315 e. The third-order valence-corrected chi connectivity index (χ3v) is 9.34. The van der Waals surface area contributed by atoms with Crippen molar-refractivity contribution < 1.29 is 14.3 Å². The molecular weight excluding hydrogens is 493 g/mol. The Morgan fingerprint density at radius 3 is 2.50 bits per heavy atom. The van der Waals surface area contributed by atoms with Gasteiger partial charge < -0.3 is 9.64 Å². The van der Waals surface area contributed by atoms with Gasteiger partial charge in [0.25, 0.3) is 0 Å². The number of nitrogens with zero attached hydrogens (tertiary/aromatic N) is 1. The minimum atomic E-state index is -0.257. The molecule has 3 aliphatic carbocycles. The second-order valence-corrected chi connectivity index (χ2v) is 11.6. The fourth-order valence-electron chi connectivity index (χ4n) is 7.13. The predicted octanol–water partition coefficient (Wildman–Crippen LogP) is 6.54. The number of rotatable bonds is 8. The number of carbonyl (C=O) groups is 2. The van der Waals surface area contributed by atoms with Gasteiger partial charge in [0.15, 0.2) is 0 Å². The van der Waals surface area contributed by atoms with Crippen LogP contribution in [0.4, 0.5) is 5.69 Å². The number of halogens is 2. The summed E-state index contributed by atoms with van der Waals surface area (Å²) in [6.07, 6.45) is 6.24. The maximum absolute atomic E-state index is 12.7. The van der Waals surface area contributed by atoms with E-state index in [9.17, 15) is 9.59 Å². The Labute approximate surface area is 224 Å². The van der Waals surface area contributed by atoms with Crippen LogP contribution >= 0.6 is 23.2 Å². The lowest BCUT2D eigenvalue weighted by molar-refractivity contribution is -0.133. The molecule has 36 heavy (non-hydrogen) atoms. The van der Waals surface area contributed by atoms with E-state index in [0.29, 0.717) is 41.0 Å². The normalized spacial score (nSPS) is 26.6. The van der Waals surface area contributed by atoms with E-state index in [1.54, 1.807) is 0 Å². The van der Waals surface area contributed by atoms with E-state index in [2.05, 4.69) is 24.0 Å². The molecule has 0 aromatic heterocycles. The minimum Gasteiger partial charge on any atom is -0.426 e. The molecule has 3 aliphatic rings. The highest BCUT2D eigenvalue weighted by Gasteiger charge is 2.54. The number of fused-ring (bicyclic) bond motifs is 5. The minimum absolute atomic E-state index is 0.0984. The first kappa shape index (κ1) is 25.6. The van der Waals surface area contributed by atoms with Crippen LogP contribution in [0.5, 0.6) is 5.75 Å². The topological polar surface area (TPSA) is 46.6 Å². The van der Waals surface area contributed by atoms with Crippen LogP contribution in [0.25, 0.3) is 0 Å². The summed E-state index contributed by atoms with van der Waals surface area (Å²) in [5.74, 6) is 3.57. The first-order valence-electron chi connectivity index (χ1n) is 13.3. The van der Waals surface area contributed by atoms with Crippen molar-refractivity contribution in [3.05, 3.63) is 59.2 Å². The highest BCUT2D eigenvalue weighted by molar-refractivity contribution is 6.18. The van der Waals surface area contributed by atoms with Crippen LogP contribution in [0.1, 0.15) is 61.6 Å². The van der Waals surface area contributed by atoms with Crippen molar-refractivity contribution in [3.8, 4) is 5.75 Å². The molecule has 0 aliphatic heterocycles. The fourth-order valence-corrected chi connectivity index (χ4v) is 7.53. The van der Waals surface area contributed by atoms with Gasteiger partial charge in [-0.2, -0.15) is 0 Å². The van der Waals surface area contributed by atoms with Crippen LogP contribution in [0.15, 0.2) is 42.5 Å². The molecule has 2 fully saturated rings. The monoisotopic (exact) mass is 527 g/mol. The number of esters is 1. The Morgan fingerprint density at radius 1 is 1.03 bits per heavy atom. The standard InChI is InChI=1S/C30H35Cl2NO3/c1-30-13-12-25-24-9-7-23(19-21(24)4-8-26(25)27(30)10-11-28(30)34)36-29(35)18-20-2-5-22(6-3-20)33(16-14-31)17-15-32/h2-3,5-7,9,19,25-27H,4,8,10-18H2,1H3/t25-,26+,27+,30-/m1/s1. The first-order chi connectivity index (χ1) is 17.4. The first-order valence-corrected chi connectivity index (χ1v) is 14.3. The van der Waals surface area contributed by atoms with Crippen molar-refractivity contribution in [2.45, 2.75) is 57.8 Å². The molecule has 0 heterocycles. The molecule has 0 amide bonds. The number of alkyl halides is 2. The van der Waals surface area contributed by atoms with Crippen molar-refractivity contribution in [2.24, 2.45) is 17.3 Å². The van der Waals surface area contributed by atoms with Crippen LogP contribution in [0.3, 0.4) is 0 Å². The Balaban J connectivity index is 1.22. The second-order valence-electron chi connectivity index (χ2n) is 10.9. The smallest absolute Gasteiger partial charge is 0.315 e. The van der Waals surface area contributed by atoms with E-state index in [-0.39, 0.29) is 17.8 Å². The van der Waals surface area contributed by atoms with E-state index in [0.717, 1.165) is 62.9 Å². The van der Waals surface area contributed by atoms with Gasteiger partial charge in [-0.05, 0) is 90.8 Å². The van der Waals surface area contributed by atoms with Crippen molar-refractivity contribution >= 4 is 40.6 Å². The van der Waals surface area contributed by atoms with Gasteiger partial charge in [0.05, 0.1) is 6.42 Å². The van der Waals surface area contributed by atoms with Crippen LogP contribution in [0, 0.1) is 17.3 Å². The van der Waals surface area contributed by atoms with Gasteiger partial charge in [0, 0.05) is 42.4 Å². The molecular formula is C30H35Cl2NO3. The Kier molecular flexibility index (Phi) is 7.65. The third kappa shape index (κ3) is 4.91. The summed E-state index contributed by atoms with van der Waals surface area (Å²) < 4.78 is 5.75. The van der Waals surface area contributed by atoms with E-state index in [1.807, 2.05) is 30.3 Å². The van der Waals surface area contributed by atoms with Crippen molar-refractivity contribution in [1.29, 1.82) is 0 Å². The van der Waals surface area contributed by atoms with Gasteiger partial charge in [0.2, 0.25) is 0 Å². The van der Waals surface area contributed by atoms with E-state index in [4.69, 9.17) is 27.9 Å². The van der Waals surface area contributed by atoms with Crippen molar-refractivity contribution in [2.75, 3.05) is 29.7 Å². The number of ketones is 1. The number of Topliss-reactive ketones (excluding diaryl/α,β-unsaturated/α-hetero) is 1. The molecule has 4 atom stereocenters. The summed E-state index contributed by atoms with van der Waals surface area (Å²) >= 11 is 11.8. The average Bonchev–Trinajstić information content (AvgIpc) is 3.18. The van der Waals surface area contributed by atoms with Gasteiger partial charge in [-0.1, -0.05) is 25.1 Å². The van der Waals surface area contributed by atoms with Gasteiger partial charge in [-0.3, -0.25) is 9.59 Å². The lowest BCUT2D eigenvalue weighted by Crippen LogP contribution is -2.42. The number of benzene rings is 2. The maximum atomic E-state index is 12.7. The van der Waals surface area contributed by atoms with Crippen LogP contribution in [-0.4, -0.2) is 36.6 Å². The fraction of sp³-hybridized carbons (Fsp3) is 0.533. The molecule has 4 nitrogen and oxygen atoms in total. The predicted molar refractivity (Wildman–Crippen MR) is 145 cm³/mol. The quantitative estimate of drug-likeness (QED) is 0.222. The number of ether oxygens (including phenoxy) is 1. The lowest BCUT2D eigenvalue weighted by atomic mass is 9.55. The van der Waals surface area contributed by atoms with Gasteiger partial charge in [-0.25, -0.2) is 0 Å². The van der Waals surface area contributed by atoms with Gasteiger partial charge in [0.1, 0.15) is 11.5 Å². The van der Waals surface area contributed by atoms with Gasteiger partial charge in [-0.15, -0.1) is 23.2 Å². The van der Waals surface area contributed by atoms with E-state index >= 15 is 0 Å². The summed E-state index contributed by atoms with van der Waals surface area (Å²) in [5, 5.41) is 0. The zero-order valence-corrected chi connectivity index (χ0v) is 22.5. The molecule has 0 radical (unpaired) electrons. The third-order valence-electron chi connectivity index (χ3n) is 9.00. The van der Waals surface area contributed by atoms with Crippen LogP contribution in [0.2, 0.25) is 0 Å². The van der Waals surface area contributed by atoms with E-state index in [1.165, 1.54) is 11.1 Å². The molecule has 0 spiro atoms. The highest BCUT2D eigenvalue weighted by Crippen LogP contribution is 2.59. The van der Waals surface area contributed by atoms with Crippen molar-refractivity contribution in [1.82, 2.24) is 0 Å². The average molecular weight is 529 g/mol. The summed E-state index contributed by atoms with van der Waals surface area (Å²) in [7, 11) is 0. The van der Waals surface area contributed by atoms with E-state index < -0.39 is 0 Å². The molecule has 192 valence electrons. The second kappa shape index (κ2) is 10.8. The Bertz CT molecular complexity index is 1110. The highest BCUT2D eigenvalue weighted by atomic mass is 35.5. The van der Waals surface area contributed by atoms with Gasteiger partial charge >= 0.3 is 5.97 Å². The molecule has 0 saturated heterocycles. The zero-order valence-electron chi connectivity index (χ0n) is 21.0. The SMILES string of the molecule is C[C@@]12CC[C@@H]3c4ccc(OC(=O)Cc5ccc(N(CCCl)CCCl)cc5)cc4CC[C@@H]3[C@@H]1CCC2=O. The number of aryl methyl sites for hydroxylation is 1. The number of anilines is 1. The molecule has 0 unspecified atom stereocenters. The Morgan fingerprint density at radius 2 is 1.78 bits per heavy atom. The number of carbonyl (C=O) groups excluding carboxylic acids is 2. The molecule has 0 N–H and O–H groups in total. The van der Waals surface area contributed by atoms with Crippen LogP contribution in [-0.2, 0) is 22.4 Å². The number of hydrogen-bond acceptors (Lipinski definition) is 4. The zero-order chi connectivity index (χ0) is 25.3.